The van der Waals surface area contributed by atoms with E-state index < -0.39 is 5.60 Å². The molecule has 0 aromatic carbocycles. The topological polar surface area (TPSA) is 29.5 Å². The van der Waals surface area contributed by atoms with Crippen LogP contribution in [0.2, 0.25) is 0 Å². The Bertz CT molecular complexity index is 295. The Kier molecular flexibility index (Phi) is 3.44. The molecule has 1 N–H and O–H groups in total. The Labute approximate surface area is 94.9 Å². The van der Waals surface area contributed by atoms with Gasteiger partial charge in [-0.25, -0.2) is 0 Å². The first-order valence-corrected chi connectivity index (χ1v) is 6.55. The van der Waals surface area contributed by atoms with Crippen LogP contribution in [-0.4, -0.2) is 17.8 Å². The van der Waals surface area contributed by atoms with E-state index in [1.165, 1.54) is 0 Å². The van der Waals surface area contributed by atoms with Gasteiger partial charge < -0.3 is 9.84 Å². The van der Waals surface area contributed by atoms with E-state index in [1.807, 2.05) is 16.8 Å². The molecular weight excluding hydrogens is 208 g/mol. The van der Waals surface area contributed by atoms with Gasteiger partial charge in [0.25, 0.3) is 0 Å². The SMILES string of the molecule is CCCC1CC(O)(c2ccsc2)CCO1. The maximum Gasteiger partial charge on any atom is 0.0951 e. The molecule has 3 heteroatoms. The van der Waals surface area contributed by atoms with Crippen molar-refractivity contribution < 1.29 is 9.84 Å². The molecule has 1 aliphatic rings. The van der Waals surface area contributed by atoms with Gasteiger partial charge in [-0.15, -0.1) is 0 Å². The molecule has 1 aromatic heterocycles. The summed E-state index contributed by atoms with van der Waals surface area (Å²) in [5, 5.41) is 14.6. The van der Waals surface area contributed by atoms with Crippen LogP contribution < -0.4 is 0 Å². The lowest BCUT2D eigenvalue weighted by Crippen LogP contribution is -2.38. The van der Waals surface area contributed by atoms with Gasteiger partial charge in [-0.2, -0.15) is 11.3 Å². The van der Waals surface area contributed by atoms with E-state index in [4.69, 9.17) is 4.74 Å². The molecule has 1 saturated heterocycles. The lowest BCUT2D eigenvalue weighted by atomic mass is 9.84. The summed E-state index contributed by atoms with van der Waals surface area (Å²) in [6.07, 6.45) is 3.87. The highest BCUT2D eigenvalue weighted by atomic mass is 32.1. The van der Waals surface area contributed by atoms with E-state index in [0.717, 1.165) is 31.2 Å². The molecule has 0 spiro atoms. The van der Waals surface area contributed by atoms with E-state index in [9.17, 15) is 5.11 Å². The van der Waals surface area contributed by atoms with E-state index in [1.54, 1.807) is 11.3 Å². The second kappa shape index (κ2) is 4.64. The molecule has 1 aromatic rings. The molecule has 15 heavy (non-hydrogen) atoms. The Balaban J connectivity index is 2.08. The summed E-state index contributed by atoms with van der Waals surface area (Å²) in [6, 6.07) is 2.03. The first kappa shape index (κ1) is 11.1. The second-order valence-electron chi connectivity index (χ2n) is 4.28. The second-order valence-corrected chi connectivity index (χ2v) is 5.06. The molecule has 2 rings (SSSR count). The average Bonchev–Trinajstić information content (AvgIpc) is 2.71. The zero-order valence-corrected chi connectivity index (χ0v) is 9.93. The van der Waals surface area contributed by atoms with Gasteiger partial charge in [0.1, 0.15) is 0 Å². The molecule has 1 aliphatic heterocycles. The van der Waals surface area contributed by atoms with Crippen LogP contribution in [0, 0.1) is 0 Å². The van der Waals surface area contributed by atoms with Crippen molar-refractivity contribution in [3.63, 3.8) is 0 Å². The number of ether oxygens (including phenoxy) is 1. The summed E-state index contributed by atoms with van der Waals surface area (Å²) in [5.41, 5.74) is 0.426. The molecule has 2 nitrogen and oxygen atoms in total. The van der Waals surface area contributed by atoms with Gasteiger partial charge >= 0.3 is 0 Å². The van der Waals surface area contributed by atoms with Gasteiger partial charge in [0.05, 0.1) is 18.3 Å². The van der Waals surface area contributed by atoms with Crippen LogP contribution in [0.25, 0.3) is 0 Å². The highest BCUT2D eigenvalue weighted by Gasteiger charge is 2.36. The maximum atomic E-state index is 10.6. The molecular formula is C12H18O2S. The van der Waals surface area contributed by atoms with Gasteiger partial charge in [0.2, 0.25) is 0 Å². The van der Waals surface area contributed by atoms with Crippen LogP contribution in [0.4, 0.5) is 0 Å². The van der Waals surface area contributed by atoms with Crippen molar-refractivity contribution in [1.82, 2.24) is 0 Å². The predicted octanol–water partition coefficient (Wildman–Crippen LogP) is 2.91. The van der Waals surface area contributed by atoms with E-state index in [-0.39, 0.29) is 6.10 Å². The summed E-state index contributed by atoms with van der Waals surface area (Å²) in [5.74, 6) is 0. The summed E-state index contributed by atoms with van der Waals surface area (Å²) in [7, 11) is 0. The van der Waals surface area contributed by atoms with E-state index in [2.05, 4.69) is 6.92 Å². The summed E-state index contributed by atoms with van der Waals surface area (Å²) in [6.45, 7) is 2.83. The summed E-state index contributed by atoms with van der Waals surface area (Å²) < 4.78 is 5.66. The fraction of sp³-hybridized carbons (Fsp3) is 0.667. The minimum absolute atomic E-state index is 0.230. The molecule has 0 amide bonds. The minimum Gasteiger partial charge on any atom is -0.385 e. The fourth-order valence-electron chi connectivity index (χ4n) is 2.23. The van der Waals surface area contributed by atoms with Gasteiger partial charge in [-0.3, -0.25) is 0 Å². The van der Waals surface area contributed by atoms with Crippen molar-refractivity contribution in [3.8, 4) is 0 Å². The summed E-state index contributed by atoms with van der Waals surface area (Å²) in [4.78, 5) is 0. The largest absolute Gasteiger partial charge is 0.385 e. The standard InChI is InChI=1S/C12H18O2S/c1-2-3-11-8-12(13,5-6-14-11)10-4-7-15-9-10/h4,7,9,11,13H,2-3,5-6,8H2,1H3. The van der Waals surface area contributed by atoms with Crippen molar-refractivity contribution in [3.05, 3.63) is 22.4 Å². The Morgan fingerprint density at radius 1 is 1.67 bits per heavy atom. The Hall–Kier alpha value is -0.380. The number of aliphatic hydroxyl groups is 1. The lowest BCUT2D eigenvalue weighted by molar-refractivity contribution is -0.109. The van der Waals surface area contributed by atoms with Crippen LogP contribution >= 0.6 is 11.3 Å². The third-order valence-corrected chi connectivity index (χ3v) is 3.79. The molecule has 2 unspecified atom stereocenters. The quantitative estimate of drug-likeness (QED) is 0.858. The van der Waals surface area contributed by atoms with Gasteiger partial charge in [0, 0.05) is 12.8 Å². The molecule has 1 fully saturated rings. The third-order valence-electron chi connectivity index (χ3n) is 3.10. The van der Waals surface area contributed by atoms with Crippen LogP contribution in [-0.2, 0) is 10.3 Å². The summed E-state index contributed by atoms with van der Waals surface area (Å²) >= 11 is 1.65. The van der Waals surface area contributed by atoms with Crippen LogP contribution in [0.3, 0.4) is 0 Å². The molecule has 0 aliphatic carbocycles. The molecule has 2 heterocycles. The van der Waals surface area contributed by atoms with Gasteiger partial charge in [0.15, 0.2) is 0 Å². The smallest absolute Gasteiger partial charge is 0.0951 e. The number of hydrogen-bond donors (Lipinski definition) is 1. The lowest BCUT2D eigenvalue weighted by Gasteiger charge is -2.36. The van der Waals surface area contributed by atoms with Crippen LogP contribution in [0.15, 0.2) is 16.8 Å². The maximum absolute atomic E-state index is 10.6. The molecule has 84 valence electrons. The predicted molar refractivity (Wildman–Crippen MR) is 62.1 cm³/mol. The van der Waals surface area contributed by atoms with E-state index >= 15 is 0 Å². The molecule has 2 atom stereocenters. The van der Waals surface area contributed by atoms with E-state index in [0.29, 0.717) is 6.61 Å². The van der Waals surface area contributed by atoms with Crippen LogP contribution in [0.1, 0.15) is 38.2 Å². The highest BCUT2D eigenvalue weighted by molar-refractivity contribution is 7.08. The molecule has 0 saturated carbocycles. The van der Waals surface area contributed by atoms with Crippen molar-refractivity contribution >= 4 is 11.3 Å². The zero-order chi connectivity index (χ0) is 10.7. The first-order valence-electron chi connectivity index (χ1n) is 5.61. The average molecular weight is 226 g/mol. The highest BCUT2D eigenvalue weighted by Crippen LogP contribution is 2.36. The van der Waals surface area contributed by atoms with Crippen molar-refractivity contribution in [1.29, 1.82) is 0 Å². The van der Waals surface area contributed by atoms with Gasteiger partial charge in [-0.1, -0.05) is 13.3 Å². The normalized spacial score (nSPS) is 31.7. The fourth-order valence-corrected chi connectivity index (χ4v) is 2.98. The third kappa shape index (κ3) is 2.41. The molecule has 0 bridgehead atoms. The molecule has 0 radical (unpaired) electrons. The van der Waals surface area contributed by atoms with Crippen LogP contribution in [0.5, 0.6) is 0 Å². The van der Waals surface area contributed by atoms with Gasteiger partial charge in [-0.05, 0) is 28.8 Å². The van der Waals surface area contributed by atoms with Crippen molar-refractivity contribution in [2.75, 3.05) is 6.61 Å². The first-order chi connectivity index (χ1) is 7.24. The minimum atomic E-state index is -0.641. The monoisotopic (exact) mass is 226 g/mol. The van der Waals surface area contributed by atoms with Crippen molar-refractivity contribution in [2.45, 2.75) is 44.3 Å². The number of rotatable bonds is 3. The Morgan fingerprint density at radius 3 is 3.20 bits per heavy atom. The Morgan fingerprint density at radius 2 is 2.53 bits per heavy atom. The number of thiophene rings is 1. The van der Waals surface area contributed by atoms with Crippen molar-refractivity contribution in [2.24, 2.45) is 0 Å². The number of hydrogen-bond acceptors (Lipinski definition) is 3. The zero-order valence-electron chi connectivity index (χ0n) is 9.11.